The van der Waals surface area contributed by atoms with Crippen molar-refractivity contribution in [1.29, 1.82) is 5.26 Å². The molecule has 0 atom stereocenters. The summed E-state index contributed by atoms with van der Waals surface area (Å²) < 4.78 is 12.9. The standard InChI is InChI=1S/C9H6ClFN2/c10-7-2-1-6(5-8(7)11)9(13)3-4-12/h1-3,5H,13H2/b9-3+. The first-order valence-electron chi connectivity index (χ1n) is 3.46. The van der Waals surface area contributed by atoms with Gasteiger partial charge in [-0.15, -0.1) is 0 Å². The van der Waals surface area contributed by atoms with Crippen molar-refractivity contribution in [2.45, 2.75) is 0 Å². The Hall–Kier alpha value is -1.53. The number of allylic oxidation sites excluding steroid dienone is 1. The SMILES string of the molecule is N#C/C=C(/N)c1ccc(Cl)c(F)c1. The predicted octanol–water partition coefficient (Wildman–Crippen LogP) is 2.30. The smallest absolute Gasteiger partial charge is 0.142 e. The molecule has 0 aromatic heterocycles. The summed E-state index contributed by atoms with van der Waals surface area (Å²) in [7, 11) is 0. The van der Waals surface area contributed by atoms with E-state index in [1.54, 1.807) is 12.1 Å². The van der Waals surface area contributed by atoms with Crippen LogP contribution in [0.3, 0.4) is 0 Å². The van der Waals surface area contributed by atoms with E-state index in [1.165, 1.54) is 12.1 Å². The van der Waals surface area contributed by atoms with Crippen LogP contribution in [0.1, 0.15) is 5.56 Å². The summed E-state index contributed by atoms with van der Waals surface area (Å²) in [5, 5.41) is 8.33. The second-order valence-electron chi connectivity index (χ2n) is 2.36. The van der Waals surface area contributed by atoms with Gasteiger partial charge < -0.3 is 5.73 Å². The molecule has 2 N–H and O–H groups in total. The summed E-state index contributed by atoms with van der Waals surface area (Å²) >= 11 is 5.46. The predicted molar refractivity (Wildman–Crippen MR) is 49.2 cm³/mol. The minimum atomic E-state index is -0.548. The van der Waals surface area contributed by atoms with Crippen molar-refractivity contribution in [1.82, 2.24) is 0 Å². The molecule has 0 amide bonds. The Morgan fingerprint density at radius 1 is 1.62 bits per heavy atom. The first-order chi connectivity index (χ1) is 6.15. The van der Waals surface area contributed by atoms with Crippen LogP contribution in [0, 0.1) is 17.1 Å². The van der Waals surface area contributed by atoms with Gasteiger partial charge in [0.15, 0.2) is 0 Å². The fraction of sp³-hybridized carbons (Fsp3) is 0. The van der Waals surface area contributed by atoms with Crippen molar-refractivity contribution in [3.05, 3.63) is 40.7 Å². The maximum Gasteiger partial charge on any atom is 0.142 e. The van der Waals surface area contributed by atoms with E-state index in [0.29, 0.717) is 5.56 Å². The molecule has 4 heteroatoms. The molecule has 0 radical (unpaired) electrons. The van der Waals surface area contributed by atoms with Gasteiger partial charge in [-0.3, -0.25) is 0 Å². The fourth-order valence-corrected chi connectivity index (χ4v) is 0.946. The number of nitriles is 1. The van der Waals surface area contributed by atoms with E-state index in [2.05, 4.69) is 0 Å². The highest BCUT2D eigenvalue weighted by Crippen LogP contribution is 2.18. The van der Waals surface area contributed by atoms with Crippen LogP contribution >= 0.6 is 11.6 Å². The Morgan fingerprint density at radius 2 is 2.31 bits per heavy atom. The van der Waals surface area contributed by atoms with E-state index in [1.807, 2.05) is 0 Å². The molecule has 66 valence electrons. The van der Waals surface area contributed by atoms with Crippen LogP contribution in [-0.4, -0.2) is 0 Å². The highest BCUT2D eigenvalue weighted by molar-refractivity contribution is 6.30. The summed E-state index contributed by atoms with van der Waals surface area (Å²) in [6.45, 7) is 0. The van der Waals surface area contributed by atoms with Gasteiger partial charge >= 0.3 is 0 Å². The van der Waals surface area contributed by atoms with Crippen LogP contribution in [0.4, 0.5) is 4.39 Å². The molecule has 0 heterocycles. The average Bonchev–Trinajstić information content (AvgIpc) is 2.10. The number of nitrogens with two attached hydrogens (primary N) is 1. The van der Waals surface area contributed by atoms with Crippen LogP contribution in [-0.2, 0) is 0 Å². The lowest BCUT2D eigenvalue weighted by Crippen LogP contribution is -1.96. The lowest BCUT2D eigenvalue weighted by atomic mass is 10.1. The van der Waals surface area contributed by atoms with Gasteiger partial charge in [0.2, 0.25) is 0 Å². The highest BCUT2D eigenvalue weighted by Gasteiger charge is 2.02. The van der Waals surface area contributed by atoms with Crippen molar-refractivity contribution in [2.24, 2.45) is 5.73 Å². The van der Waals surface area contributed by atoms with Gasteiger partial charge in [0.1, 0.15) is 5.82 Å². The van der Waals surface area contributed by atoms with Crippen molar-refractivity contribution >= 4 is 17.3 Å². The average molecular weight is 197 g/mol. The van der Waals surface area contributed by atoms with E-state index >= 15 is 0 Å². The summed E-state index contributed by atoms with van der Waals surface area (Å²) in [6, 6.07) is 5.89. The minimum Gasteiger partial charge on any atom is -0.398 e. The number of benzene rings is 1. The molecule has 0 unspecified atom stereocenters. The third-order valence-corrected chi connectivity index (χ3v) is 1.78. The topological polar surface area (TPSA) is 49.8 Å². The zero-order valence-electron chi connectivity index (χ0n) is 6.59. The number of halogens is 2. The monoisotopic (exact) mass is 196 g/mol. The molecule has 0 spiro atoms. The van der Waals surface area contributed by atoms with E-state index in [9.17, 15) is 4.39 Å². The van der Waals surface area contributed by atoms with Gasteiger partial charge in [0, 0.05) is 17.3 Å². The Morgan fingerprint density at radius 3 is 2.85 bits per heavy atom. The van der Waals surface area contributed by atoms with E-state index in [4.69, 9.17) is 22.6 Å². The third-order valence-electron chi connectivity index (χ3n) is 1.47. The lowest BCUT2D eigenvalue weighted by Gasteiger charge is -2.00. The van der Waals surface area contributed by atoms with Gasteiger partial charge in [0.25, 0.3) is 0 Å². The summed E-state index contributed by atoms with van der Waals surface area (Å²) in [5.74, 6) is -0.548. The third kappa shape index (κ3) is 2.20. The second kappa shape index (κ2) is 3.92. The number of hydrogen-bond acceptors (Lipinski definition) is 2. The molecule has 0 fully saturated rings. The molecule has 1 rings (SSSR count). The molecule has 0 aliphatic rings. The van der Waals surface area contributed by atoms with Crippen molar-refractivity contribution in [3.63, 3.8) is 0 Å². The number of hydrogen-bond donors (Lipinski definition) is 1. The van der Waals surface area contributed by atoms with Crippen molar-refractivity contribution in [3.8, 4) is 6.07 Å². The second-order valence-corrected chi connectivity index (χ2v) is 2.76. The highest BCUT2D eigenvalue weighted by atomic mass is 35.5. The Labute approximate surface area is 80.0 Å². The molecule has 0 aliphatic carbocycles. The van der Waals surface area contributed by atoms with Crippen molar-refractivity contribution < 1.29 is 4.39 Å². The molecule has 2 nitrogen and oxygen atoms in total. The Kier molecular flexibility index (Phi) is 2.88. The zero-order chi connectivity index (χ0) is 9.84. The Balaban J connectivity index is 3.13. The molecule has 1 aromatic carbocycles. The van der Waals surface area contributed by atoms with Crippen LogP contribution < -0.4 is 5.73 Å². The normalized spacial score (nSPS) is 11.0. The first kappa shape index (κ1) is 9.56. The van der Waals surface area contributed by atoms with E-state index in [-0.39, 0.29) is 10.7 Å². The molecular weight excluding hydrogens is 191 g/mol. The molecular formula is C9H6ClFN2. The largest absolute Gasteiger partial charge is 0.398 e. The van der Waals surface area contributed by atoms with Gasteiger partial charge in [-0.25, -0.2) is 4.39 Å². The molecule has 0 saturated heterocycles. The Bertz CT molecular complexity index is 393. The van der Waals surface area contributed by atoms with Gasteiger partial charge in [-0.2, -0.15) is 5.26 Å². The molecule has 0 bridgehead atoms. The lowest BCUT2D eigenvalue weighted by molar-refractivity contribution is 0.628. The van der Waals surface area contributed by atoms with Crippen LogP contribution in [0.2, 0.25) is 5.02 Å². The molecule has 13 heavy (non-hydrogen) atoms. The fourth-order valence-electron chi connectivity index (χ4n) is 0.829. The van der Waals surface area contributed by atoms with E-state index < -0.39 is 5.82 Å². The summed E-state index contributed by atoms with van der Waals surface area (Å²) in [4.78, 5) is 0. The van der Waals surface area contributed by atoms with E-state index in [0.717, 1.165) is 6.08 Å². The minimum absolute atomic E-state index is 0.0357. The summed E-state index contributed by atoms with van der Waals surface area (Å²) in [5.41, 5.74) is 6.12. The van der Waals surface area contributed by atoms with Crippen LogP contribution in [0.15, 0.2) is 24.3 Å². The summed E-state index contributed by atoms with van der Waals surface area (Å²) in [6.07, 6.45) is 1.14. The zero-order valence-corrected chi connectivity index (χ0v) is 7.35. The van der Waals surface area contributed by atoms with Gasteiger partial charge in [0.05, 0.1) is 11.1 Å². The van der Waals surface area contributed by atoms with Crippen LogP contribution in [0.25, 0.3) is 5.70 Å². The van der Waals surface area contributed by atoms with Gasteiger partial charge in [-0.05, 0) is 12.1 Å². The first-order valence-corrected chi connectivity index (χ1v) is 3.83. The number of nitrogens with zero attached hydrogens (tertiary/aromatic N) is 1. The maximum atomic E-state index is 12.9. The maximum absolute atomic E-state index is 12.9. The van der Waals surface area contributed by atoms with Crippen LogP contribution in [0.5, 0.6) is 0 Å². The molecule has 0 aliphatic heterocycles. The van der Waals surface area contributed by atoms with Gasteiger partial charge in [-0.1, -0.05) is 17.7 Å². The quantitative estimate of drug-likeness (QED) is 0.701. The number of rotatable bonds is 1. The molecule has 0 saturated carbocycles. The molecule has 1 aromatic rings. The van der Waals surface area contributed by atoms with Crippen molar-refractivity contribution in [2.75, 3.05) is 0 Å².